The van der Waals surface area contributed by atoms with Crippen molar-refractivity contribution >= 4 is 17.7 Å². The SMILES string of the molecule is CNC(C)CNC(=O)c1ccc(SC(F)(F)F)cc1. The Morgan fingerprint density at radius 2 is 1.89 bits per heavy atom. The number of carbonyl (C=O) groups excluding carboxylic acids is 1. The van der Waals surface area contributed by atoms with Gasteiger partial charge in [-0.2, -0.15) is 13.2 Å². The van der Waals surface area contributed by atoms with E-state index in [0.29, 0.717) is 12.1 Å². The Morgan fingerprint density at radius 3 is 2.37 bits per heavy atom. The molecule has 2 N–H and O–H groups in total. The monoisotopic (exact) mass is 292 g/mol. The van der Waals surface area contributed by atoms with E-state index in [4.69, 9.17) is 0 Å². The van der Waals surface area contributed by atoms with Gasteiger partial charge in [-0.3, -0.25) is 4.79 Å². The lowest BCUT2D eigenvalue weighted by molar-refractivity contribution is -0.0328. The van der Waals surface area contributed by atoms with Gasteiger partial charge in [0.2, 0.25) is 0 Å². The van der Waals surface area contributed by atoms with Crippen LogP contribution in [0, 0.1) is 0 Å². The summed E-state index contributed by atoms with van der Waals surface area (Å²) in [4.78, 5) is 11.8. The van der Waals surface area contributed by atoms with Crippen LogP contribution < -0.4 is 10.6 Å². The van der Waals surface area contributed by atoms with E-state index in [2.05, 4.69) is 10.6 Å². The molecule has 0 radical (unpaired) electrons. The zero-order chi connectivity index (χ0) is 14.5. The molecular formula is C12H15F3N2OS. The molecule has 0 aromatic heterocycles. The predicted octanol–water partition coefficient (Wildman–Crippen LogP) is 2.64. The van der Waals surface area contributed by atoms with Crippen molar-refractivity contribution in [3.63, 3.8) is 0 Å². The highest BCUT2D eigenvalue weighted by molar-refractivity contribution is 8.00. The molecule has 0 aliphatic rings. The lowest BCUT2D eigenvalue weighted by atomic mass is 10.2. The number of hydrogen-bond acceptors (Lipinski definition) is 3. The summed E-state index contributed by atoms with van der Waals surface area (Å²) < 4.78 is 36.4. The third-order valence-corrected chi connectivity index (χ3v) is 3.15. The topological polar surface area (TPSA) is 41.1 Å². The number of amides is 1. The second kappa shape index (κ2) is 6.81. The average Bonchev–Trinajstić information content (AvgIpc) is 2.34. The molecular weight excluding hydrogens is 277 g/mol. The summed E-state index contributed by atoms with van der Waals surface area (Å²) in [5.41, 5.74) is -3.97. The smallest absolute Gasteiger partial charge is 0.350 e. The molecule has 0 saturated carbocycles. The molecule has 106 valence electrons. The van der Waals surface area contributed by atoms with Crippen molar-refractivity contribution in [3.05, 3.63) is 29.8 Å². The van der Waals surface area contributed by atoms with E-state index in [1.165, 1.54) is 24.3 Å². The number of halogens is 3. The molecule has 7 heteroatoms. The fourth-order valence-corrected chi connectivity index (χ4v) is 1.80. The van der Waals surface area contributed by atoms with Crippen molar-refractivity contribution in [2.75, 3.05) is 13.6 Å². The second-order valence-electron chi connectivity index (χ2n) is 3.97. The van der Waals surface area contributed by atoms with Gasteiger partial charge in [0.15, 0.2) is 0 Å². The van der Waals surface area contributed by atoms with Gasteiger partial charge in [0.25, 0.3) is 5.91 Å². The number of rotatable bonds is 5. The van der Waals surface area contributed by atoms with Crippen LogP contribution in [0.2, 0.25) is 0 Å². The molecule has 0 aliphatic carbocycles. The zero-order valence-electron chi connectivity index (χ0n) is 10.5. The second-order valence-corrected chi connectivity index (χ2v) is 5.11. The van der Waals surface area contributed by atoms with Crippen LogP contribution in [-0.4, -0.2) is 31.0 Å². The van der Waals surface area contributed by atoms with Gasteiger partial charge < -0.3 is 10.6 Å². The van der Waals surface area contributed by atoms with Crippen molar-refractivity contribution in [1.29, 1.82) is 0 Å². The molecule has 1 unspecified atom stereocenters. The third kappa shape index (κ3) is 5.98. The van der Waals surface area contributed by atoms with Gasteiger partial charge in [0.1, 0.15) is 0 Å². The van der Waals surface area contributed by atoms with Gasteiger partial charge in [-0.1, -0.05) is 0 Å². The Balaban J connectivity index is 2.58. The van der Waals surface area contributed by atoms with Crippen molar-refractivity contribution in [2.45, 2.75) is 23.4 Å². The number of thioether (sulfide) groups is 1. The van der Waals surface area contributed by atoms with Crippen LogP contribution in [0.25, 0.3) is 0 Å². The normalized spacial score (nSPS) is 13.1. The van der Waals surface area contributed by atoms with Crippen LogP contribution in [-0.2, 0) is 0 Å². The maximum Gasteiger partial charge on any atom is 0.446 e. The van der Waals surface area contributed by atoms with Gasteiger partial charge in [0, 0.05) is 23.0 Å². The minimum atomic E-state index is -4.31. The maximum absolute atomic E-state index is 12.1. The fraction of sp³-hybridized carbons (Fsp3) is 0.417. The number of alkyl halides is 3. The summed E-state index contributed by atoms with van der Waals surface area (Å²) in [6.07, 6.45) is 0. The summed E-state index contributed by atoms with van der Waals surface area (Å²) in [5.74, 6) is -0.300. The predicted molar refractivity (Wildman–Crippen MR) is 69.2 cm³/mol. The number of hydrogen-bond donors (Lipinski definition) is 2. The first-order chi connectivity index (χ1) is 8.81. The first-order valence-electron chi connectivity index (χ1n) is 5.63. The Kier molecular flexibility index (Phi) is 5.68. The van der Waals surface area contributed by atoms with Crippen molar-refractivity contribution < 1.29 is 18.0 Å². The number of likely N-dealkylation sites (N-methyl/N-ethyl adjacent to an activating group) is 1. The molecule has 1 aromatic rings. The Labute approximate surface area is 114 Å². The van der Waals surface area contributed by atoms with E-state index in [1.54, 1.807) is 7.05 Å². The van der Waals surface area contributed by atoms with Crippen LogP contribution in [0.15, 0.2) is 29.2 Å². The maximum atomic E-state index is 12.1. The first-order valence-corrected chi connectivity index (χ1v) is 6.45. The molecule has 19 heavy (non-hydrogen) atoms. The van der Waals surface area contributed by atoms with E-state index < -0.39 is 5.51 Å². The van der Waals surface area contributed by atoms with Crippen LogP contribution >= 0.6 is 11.8 Å². The highest BCUT2D eigenvalue weighted by Gasteiger charge is 2.29. The number of nitrogens with one attached hydrogen (secondary N) is 2. The number of carbonyl (C=O) groups is 1. The lowest BCUT2D eigenvalue weighted by Gasteiger charge is -2.11. The quantitative estimate of drug-likeness (QED) is 0.820. The molecule has 1 rings (SSSR count). The number of benzene rings is 1. The van der Waals surface area contributed by atoms with E-state index in [9.17, 15) is 18.0 Å². The highest BCUT2D eigenvalue weighted by atomic mass is 32.2. The van der Waals surface area contributed by atoms with Crippen molar-refractivity contribution in [1.82, 2.24) is 10.6 Å². The van der Waals surface area contributed by atoms with E-state index >= 15 is 0 Å². The fourth-order valence-electron chi connectivity index (χ4n) is 1.26. The molecule has 1 amide bonds. The van der Waals surface area contributed by atoms with Crippen LogP contribution in [0.4, 0.5) is 13.2 Å². The molecule has 1 aromatic carbocycles. The summed E-state index contributed by atoms with van der Waals surface area (Å²) >= 11 is -0.199. The zero-order valence-corrected chi connectivity index (χ0v) is 11.4. The van der Waals surface area contributed by atoms with Crippen molar-refractivity contribution in [2.24, 2.45) is 0 Å². The largest absolute Gasteiger partial charge is 0.446 e. The molecule has 0 saturated heterocycles. The van der Waals surface area contributed by atoms with E-state index in [0.717, 1.165) is 0 Å². The summed E-state index contributed by atoms with van der Waals surface area (Å²) in [7, 11) is 1.78. The Bertz CT molecular complexity index is 420. The lowest BCUT2D eigenvalue weighted by Crippen LogP contribution is -2.37. The molecule has 1 atom stereocenters. The summed E-state index contributed by atoms with van der Waals surface area (Å²) in [6, 6.07) is 5.47. The minimum Gasteiger partial charge on any atom is -0.350 e. The van der Waals surface area contributed by atoms with Crippen molar-refractivity contribution in [3.8, 4) is 0 Å². The van der Waals surface area contributed by atoms with Gasteiger partial charge in [-0.15, -0.1) is 0 Å². The van der Waals surface area contributed by atoms with Gasteiger partial charge in [0.05, 0.1) is 0 Å². The summed E-state index contributed by atoms with van der Waals surface area (Å²) in [6.45, 7) is 2.36. The molecule has 0 spiro atoms. The molecule has 3 nitrogen and oxygen atoms in total. The van der Waals surface area contributed by atoms with Crippen LogP contribution in [0.3, 0.4) is 0 Å². The van der Waals surface area contributed by atoms with Gasteiger partial charge in [-0.25, -0.2) is 0 Å². The first kappa shape index (κ1) is 15.8. The molecule has 0 bridgehead atoms. The molecule has 0 fully saturated rings. The Hall–Kier alpha value is -1.21. The average molecular weight is 292 g/mol. The Morgan fingerprint density at radius 1 is 1.32 bits per heavy atom. The molecule has 0 aliphatic heterocycles. The third-order valence-electron chi connectivity index (χ3n) is 2.41. The van der Waals surface area contributed by atoms with Crippen LogP contribution in [0.1, 0.15) is 17.3 Å². The van der Waals surface area contributed by atoms with E-state index in [-0.39, 0.29) is 28.6 Å². The molecule has 0 heterocycles. The minimum absolute atomic E-state index is 0.0626. The van der Waals surface area contributed by atoms with Gasteiger partial charge >= 0.3 is 5.51 Å². The van der Waals surface area contributed by atoms with Crippen LogP contribution in [0.5, 0.6) is 0 Å². The standard InChI is InChI=1S/C12H15F3N2OS/c1-8(16-2)7-17-11(18)9-3-5-10(6-4-9)19-12(13,14)15/h3-6,8,16H,7H2,1-2H3,(H,17,18). The highest BCUT2D eigenvalue weighted by Crippen LogP contribution is 2.36. The van der Waals surface area contributed by atoms with Gasteiger partial charge in [-0.05, 0) is 50.0 Å². The van der Waals surface area contributed by atoms with E-state index in [1.807, 2.05) is 6.92 Å². The summed E-state index contributed by atoms with van der Waals surface area (Å²) in [5, 5.41) is 5.65.